The van der Waals surface area contributed by atoms with Gasteiger partial charge in [-0.1, -0.05) is 23.4 Å². The molecule has 1 amide bonds. The SMILES string of the molecule is O=C(c1cn(C[C@@H]2CCCN(Cc3ccccc3O)C2)nn1)N1CCCC1. The lowest BCUT2D eigenvalue weighted by molar-refractivity contribution is 0.0787. The van der Waals surface area contributed by atoms with Crippen LogP contribution in [0.5, 0.6) is 5.75 Å². The largest absolute Gasteiger partial charge is 0.508 e. The van der Waals surface area contributed by atoms with Crippen molar-refractivity contribution in [2.45, 2.75) is 38.8 Å². The fourth-order valence-electron chi connectivity index (χ4n) is 4.16. The van der Waals surface area contributed by atoms with Crippen molar-refractivity contribution in [3.05, 3.63) is 41.7 Å². The molecule has 2 aliphatic heterocycles. The van der Waals surface area contributed by atoms with Crippen molar-refractivity contribution in [1.29, 1.82) is 0 Å². The molecule has 2 aliphatic rings. The van der Waals surface area contributed by atoms with Crippen molar-refractivity contribution in [1.82, 2.24) is 24.8 Å². The standard InChI is InChI=1S/C20H27N5O2/c26-19-8-2-1-7-17(19)14-23-9-5-6-16(12-23)13-25-15-18(21-22-25)20(27)24-10-3-4-11-24/h1-2,7-8,15-16,26H,3-6,9-14H2/t16-/m1/s1. The molecule has 0 spiro atoms. The van der Waals surface area contributed by atoms with E-state index in [0.29, 0.717) is 17.4 Å². The highest BCUT2D eigenvalue weighted by molar-refractivity contribution is 5.92. The first-order chi connectivity index (χ1) is 13.2. The van der Waals surface area contributed by atoms with Crippen LogP contribution in [0.3, 0.4) is 0 Å². The monoisotopic (exact) mass is 369 g/mol. The molecule has 7 heteroatoms. The third kappa shape index (κ3) is 4.30. The van der Waals surface area contributed by atoms with Gasteiger partial charge in [-0.3, -0.25) is 14.4 Å². The van der Waals surface area contributed by atoms with E-state index in [1.807, 2.05) is 27.8 Å². The topological polar surface area (TPSA) is 74.5 Å². The Hall–Kier alpha value is -2.41. The molecule has 144 valence electrons. The Kier molecular flexibility index (Phi) is 5.38. The molecule has 0 bridgehead atoms. The Balaban J connectivity index is 1.34. The van der Waals surface area contributed by atoms with Crippen molar-refractivity contribution in [3.63, 3.8) is 0 Å². The number of phenolic OH excluding ortho intramolecular Hbond substituents is 1. The lowest BCUT2D eigenvalue weighted by atomic mass is 9.97. The maximum absolute atomic E-state index is 12.4. The van der Waals surface area contributed by atoms with Crippen molar-refractivity contribution in [2.75, 3.05) is 26.2 Å². The van der Waals surface area contributed by atoms with Crippen LogP contribution < -0.4 is 0 Å². The maximum atomic E-state index is 12.4. The van der Waals surface area contributed by atoms with E-state index >= 15 is 0 Å². The highest BCUT2D eigenvalue weighted by Crippen LogP contribution is 2.23. The molecule has 3 heterocycles. The van der Waals surface area contributed by atoms with Gasteiger partial charge in [0.2, 0.25) is 0 Å². The summed E-state index contributed by atoms with van der Waals surface area (Å²) in [6.07, 6.45) is 6.23. The number of aromatic nitrogens is 3. The molecule has 2 saturated heterocycles. The van der Waals surface area contributed by atoms with Gasteiger partial charge in [-0.05, 0) is 44.2 Å². The van der Waals surface area contributed by atoms with Crippen molar-refractivity contribution in [2.24, 2.45) is 5.92 Å². The van der Waals surface area contributed by atoms with Gasteiger partial charge in [0.1, 0.15) is 5.75 Å². The number of aromatic hydroxyl groups is 1. The first-order valence-electron chi connectivity index (χ1n) is 9.87. The summed E-state index contributed by atoms with van der Waals surface area (Å²) in [5.41, 5.74) is 1.43. The molecule has 4 rings (SSSR count). The number of amides is 1. The van der Waals surface area contributed by atoms with Crippen LogP contribution in [0.15, 0.2) is 30.5 Å². The van der Waals surface area contributed by atoms with Crippen LogP contribution in [-0.2, 0) is 13.1 Å². The molecule has 0 radical (unpaired) electrons. The van der Waals surface area contributed by atoms with Gasteiger partial charge < -0.3 is 10.0 Å². The van der Waals surface area contributed by atoms with Gasteiger partial charge in [0.05, 0.1) is 6.20 Å². The summed E-state index contributed by atoms with van der Waals surface area (Å²) in [4.78, 5) is 16.7. The smallest absolute Gasteiger partial charge is 0.276 e. The summed E-state index contributed by atoms with van der Waals surface area (Å²) in [7, 11) is 0. The van der Waals surface area contributed by atoms with E-state index in [1.54, 1.807) is 12.3 Å². The van der Waals surface area contributed by atoms with E-state index < -0.39 is 0 Å². The van der Waals surface area contributed by atoms with Gasteiger partial charge in [-0.25, -0.2) is 0 Å². The molecular weight excluding hydrogens is 342 g/mol. The van der Waals surface area contributed by atoms with E-state index in [1.165, 1.54) is 0 Å². The summed E-state index contributed by atoms with van der Waals surface area (Å²) in [6, 6.07) is 7.53. The lowest BCUT2D eigenvalue weighted by Gasteiger charge is -2.32. The fraction of sp³-hybridized carbons (Fsp3) is 0.550. The molecule has 1 N–H and O–H groups in total. The molecule has 0 aliphatic carbocycles. The summed E-state index contributed by atoms with van der Waals surface area (Å²) in [5.74, 6) is 0.839. The van der Waals surface area contributed by atoms with Gasteiger partial charge in [-0.2, -0.15) is 0 Å². The molecule has 0 saturated carbocycles. The van der Waals surface area contributed by atoms with Crippen LogP contribution in [0.1, 0.15) is 41.7 Å². The summed E-state index contributed by atoms with van der Waals surface area (Å²) < 4.78 is 1.82. The quantitative estimate of drug-likeness (QED) is 0.874. The first kappa shape index (κ1) is 18.0. The number of nitrogens with zero attached hydrogens (tertiary/aromatic N) is 5. The average molecular weight is 369 g/mol. The number of para-hydroxylation sites is 1. The number of rotatable bonds is 5. The van der Waals surface area contributed by atoms with Crippen LogP contribution in [-0.4, -0.2) is 62.0 Å². The van der Waals surface area contributed by atoms with Gasteiger partial charge in [-0.15, -0.1) is 5.10 Å². The fourth-order valence-corrected chi connectivity index (χ4v) is 4.16. The van der Waals surface area contributed by atoms with Gasteiger partial charge in [0.25, 0.3) is 5.91 Å². The molecule has 1 atom stereocenters. The number of benzene rings is 1. The van der Waals surface area contributed by atoms with Gasteiger partial charge in [0, 0.05) is 38.3 Å². The normalized spacial score (nSPS) is 20.9. The molecule has 27 heavy (non-hydrogen) atoms. The molecular formula is C20H27N5O2. The minimum absolute atomic E-state index is 0.00331. The predicted molar refractivity (Wildman–Crippen MR) is 101 cm³/mol. The second-order valence-electron chi connectivity index (χ2n) is 7.70. The summed E-state index contributed by atoms with van der Waals surface area (Å²) in [5, 5.41) is 18.3. The number of carbonyl (C=O) groups excluding carboxylic acids is 1. The molecule has 0 unspecified atom stereocenters. The lowest BCUT2D eigenvalue weighted by Crippen LogP contribution is -2.36. The highest BCUT2D eigenvalue weighted by Gasteiger charge is 2.24. The van der Waals surface area contributed by atoms with Gasteiger partial charge in [0.15, 0.2) is 5.69 Å². The Morgan fingerprint density at radius 1 is 1.15 bits per heavy atom. The molecule has 7 nitrogen and oxygen atoms in total. The number of likely N-dealkylation sites (tertiary alicyclic amines) is 2. The number of hydrogen-bond acceptors (Lipinski definition) is 5. The van der Waals surface area contributed by atoms with Crippen molar-refractivity contribution >= 4 is 5.91 Å². The molecule has 2 fully saturated rings. The zero-order valence-corrected chi connectivity index (χ0v) is 15.6. The van der Waals surface area contributed by atoms with E-state index in [4.69, 9.17) is 0 Å². The first-order valence-corrected chi connectivity index (χ1v) is 9.87. The molecule has 1 aromatic heterocycles. The minimum Gasteiger partial charge on any atom is -0.508 e. The minimum atomic E-state index is 0.00331. The Morgan fingerprint density at radius 3 is 2.78 bits per heavy atom. The Bertz CT molecular complexity index is 784. The van der Waals surface area contributed by atoms with E-state index in [2.05, 4.69) is 15.2 Å². The number of carbonyl (C=O) groups is 1. The van der Waals surface area contributed by atoms with E-state index in [0.717, 1.165) is 70.5 Å². The number of hydrogen-bond donors (Lipinski definition) is 1. The molecule has 2 aromatic rings. The average Bonchev–Trinajstić information content (AvgIpc) is 3.36. The predicted octanol–water partition coefficient (Wildman–Crippen LogP) is 2.13. The van der Waals surface area contributed by atoms with E-state index in [9.17, 15) is 9.90 Å². The van der Waals surface area contributed by atoms with Crippen molar-refractivity contribution < 1.29 is 9.90 Å². The number of phenols is 1. The zero-order valence-electron chi connectivity index (χ0n) is 15.6. The number of piperidine rings is 1. The Labute approximate surface area is 159 Å². The van der Waals surface area contributed by atoms with Crippen molar-refractivity contribution in [3.8, 4) is 5.75 Å². The van der Waals surface area contributed by atoms with Crippen LogP contribution in [0, 0.1) is 5.92 Å². The van der Waals surface area contributed by atoms with Crippen LogP contribution >= 0.6 is 0 Å². The van der Waals surface area contributed by atoms with E-state index in [-0.39, 0.29) is 5.91 Å². The summed E-state index contributed by atoms with van der Waals surface area (Å²) in [6.45, 7) is 5.20. The van der Waals surface area contributed by atoms with Crippen LogP contribution in [0.2, 0.25) is 0 Å². The second-order valence-corrected chi connectivity index (χ2v) is 7.70. The zero-order chi connectivity index (χ0) is 18.6. The van der Waals surface area contributed by atoms with Crippen LogP contribution in [0.25, 0.3) is 0 Å². The molecule has 1 aromatic carbocycles. The third-order valence-corrected chi connectivity index (χ3v) is 5.58. The Morgan fingerprint density at radius 2 is 1.96 bits per heavy atom. The second kappa shape index (κ2) is 8.08. The summed E-state index contributed by atoms with van der Waals surface area (Å²) >= 11 is 0. The van der Waals surface area contributed by atoms with Gasteiger partial charge >= 0.3 is 0 Å². The highest BCUT2D eigenvalue weighted by atomic mass is 16.3. The maximum Gasteiger partial charge on any atom is 0.276 e. The van der Waals surface area contributed by atoms with Crippen LogP contribution in [0.4, 0.5) is 0 Å². The third-order valence-electron chi connectivity index (χ3n) is 5.58.